The van der Waals surface area contributed by atoms with Gasteiger partial charge in [0, 0.05) is 6.54 Å². The van der Waals surface area contributed by atoms with Gasteiger partial charge >= 0.3 is 6.18 Å². The van der Waals surface area contributed by atoms with E-state index in [-0.39, 0.29) is 24.4 Å². The Balaban J connectivity index is 2.18. The van der Waals surface area contributed by atoms with Gasteiger partial charge in [-0.3, -0.25) is 0 Å². The van der Waals surface area contributed by atoms with Crippen molar-refractivity contribution in [3.05, 3.63) is 35.4 Å². The molecule has 0 bridgehead atoms. The van der Waals surface area contributed by atoms with Crippen LogP contribution in [0.3, 0.4) is 0 Å². The summed E-state index contributed by atoms with van der Waals surface area (Å²) in [6, 6.07) is 5.43. The molecular weight excluding hydrogens is 246 g/mol. The fourth-order valence-corrected chi connectivity index (χ4v) is 2.36. The second-order valence-corrected chi connectivity index (χ2v) is 4.63. The standard InChI is InChI=1S/C13H15F4N/c14-12-8-18-6-5-10(12)7-9-3-1-2-4-11(9)13(15,16)17/h1-4,10,12,18H,5-8H2. The molecule has 0 spiro atoms. The van der Waals surface area contributed by atoms with Crippen molar-refractivity contribution in [2.45, 2.75) is 25.2 Å². The smallest absolute Gasteiger partial charge is 0.314 e. The maximum atomic E-state index is 13.6. The van der Waals surface area contributed by atoms with Crippen LogP contribution in [0.25, 0.3) is 0 Å². The van der Waals surface area contributed by atoms with Crippen molar-refractivity contribution in [1.29, 1.82) is 0 Å². The SMILES string of the molecule is FC1CNCCC1Cc1ccccc1C(F)(F)F. The van der Waals surface area contributed by atoms with Crippen molar-refractivity contribution in [2.75, 3.05) is 13.1 Å². The van der Waals surface area contributed by atoms with Gasteiger partial charge in [0.25, 0.3) is 0 Å². The summed E-state index contributed by atoms with van der Waals surface area (Å²) in [5, 5.41) is 2.90. The lowest BCUT2D eigenvalue weighted by atomic mass is 9.87. The molecule has 1 saturated heterocycles. The van der Waals surface area contributed by atoms with Crippen LogP contribution in [0.5, 0.6) is 0 Å². The van der Waals surface area contributed by atoms with E-state index < -0.39 is 17.9 Å². The Hall–Kier alpha value is -1.10. The molecule has 1 N–H and O–H groups in total. The average Bonchev–Trinajstić information content (AvgIpc) is 2.31. The summed E-state index contributed by atoms with van der Waals surface area (Å²) in [5.41, 5.74) is -0.449. The first kappa shape index (κ1) is 13.3. The first-order valence-corrected chi connectivity index (χ1v) is 5.98. The first-order chi connectivity index (χ1) is 8.48. The maximum absolute atomic E-state index is 13.6. The van der Waals surface area contributed by atoms with Crippen molar-refractivity contribution in [2.24, 2.45) is 5.92 Å². The molecule has 2 unspecified atom stereocenters. The molecule has 2 rings (SSSR count). The van der Waals surface area contributed by atoms with Gasteiger partial charge in [-0.05, 0) is 36.9 Å². The minimum Gasteiger partial charge on any atom is -0.314 e. The summed E-state index contributed by atoms with van der Waals surface area (Å²) in [5.74, 6) is -0.324. The normalized spacial score (nSPS) is 25.1. The third-order valence-corrected chi connectivity index (χ3v) is 3.35. The van der Waals surface area contributed by atoms with Crippen molar-refractivity contribution in [3.8, 4) is 0 Å². The van der Waals surface area contributed by atoms with Crippen molar-refractivity contribution in [1.82, 2.24) is 5.32 Å². The van der Waals surface area contributed by atoms with Crippen LogP contribution in [0.1, 0.15) is 17.5 Å². The number of piperidine rings is 1. The van der Waals surface area contributed by atoms with Crippen LogP contribution < -0.4 is 5.32 Å². The highest BCUT2D eigenvalue weighted by Crippen LogP contribution is 2.34. The molecule has 0 saturated carbocycles. The van der Waals surface area contributed by atoms with Crippen LogP contribution in [0, 0.1) is 5.92 Å². The molecule has 0 aromatic heterocycles. The molecule has 1 aromatic carbocycles. The van der Waals surface area contributed by atoms with Gasteiger partial charge in [0.05, 0.1) is 5.56 Å². The van der Waals surface area contributed by atoms with E-state index in [2.05, 4.69) is 5.32 Å². The molecule has 1 aliphatic rings. The molecule has 18 heavy (non-hydrogen) atoms. The second kappa shape index (κ2) is 5.26. The Kier molecular flexibility index (Phi) is 3.90. The quantitative estimate of drug-likeness (QED) is 0.806. The van der Waals surface area contributed by atoms with E-state index in [1.54, 1.807) is 6.07 Å². The highest BCUT2D eigenvalue weighted by Gasteiger charge is 2.34. The second-order valence-electron chi connectivity index (χ2n) is 4.63. The van der Waals surface area contributed by atoms with Crippen LogP contribution in [-0.4, -0.2) is 19.3 Å². The summed E-state index contributed by atoms with van der Waals surface area (Å²) in [7, 11) is 0. The van der Waals surface area contributed by atoms with E-state index in [1.165, 1.54) is 12.1 Å². The summed E-state index contributed by atoms with van der Waals surface area (Å²) >= 11 is 0. The fraction of sp³-hybridized carbons (Fsp3) is 0.538. The highest BCUT2D eigenvalue weighted by molar-refractivity contribution is 5.30. The van der Waals surface area contributed by atoms with Crippen molar-refractivity contribution >= 4 is 0 Å². The Morgan fingerprint density at radius 1 is 1.22 bits per heavy atom. The molecule has 1 aromatic rings. The molecule has 1 heterocycles. The molecular formula is C13H15F4N. The average molecular weight is 261 g/mol. The van der Waals surface area contributed by atoms with Gasteiger partial charge in [0.15, 0.2) is 0 Å². The van der Waals surface area contributed by atoms with Crippen LogP contribution in [-0.2, 0) is 12.6 Å². The molecule has 1 fully saturated rings. The zero-order valence-electron chi connectivity index (χ0n) is 9.80. The van der Waals surface area contributed by atoms with E-state index in [1.807, 2.05) is 0 Å². The number of benzene rings is 1. The lowest BCUT2D eigenvalue weighted by molar-refractivity contribution is -0.138. The Morgan fingerprint density at radius 3 is 2.61 bits per heavy atom. The zero-order chi connectivity index (χ0) is 13.2. The van der Waals surface area contributed by atoms with Crippen LogP contribution in [0.4, 0.5) is 17.6 Å². The van der Waals surface area contributed by atoms with E-state index >= 15 is 0 Å². The third-order valence-electron chi connectivity index (χ3n) is 3.35. The summed E-state index contributed by atoms with van der Waals surface area (Å²) in [6.07, 6.45) is -4.71. The van der Waals surface area contributed by atoms with Crippen LogP contribution >= 0.6 is 0 Å². The molecule has 1 nitrogen and oxygen atoms in total. The van der Waals surface area contributed by atoms with Gasteiger partial charge in [-0.15, -0.1) is 0 Å². The Morgan fingerprint density at radius 2 is 1.94 bits per heavy atom. The maximum Gasteiger partial charge on any atom is 0.416 e. The third kappa shape index (κ3) is 3.02. The molecule has 0 radical (unpaired) electrons. The lowest BCUT2D eigenvalue weighted by Gasteiger charge is -2.27. The van der Waals surface area contributed by atoms with E-state index in [0.29, 0.717) is 13.0 Å². The van der Waals surface area contributed by atoms with Gasteiger partial charge in [0.2, 0.25) is 0 Å². The first-order valence-electron chi connectivity index (χ1n) is 5.98. The number of halogens is 4. The summed E-state index contributed by atoms with van der Waals surface area (Å²) in [6.45, 7) is 0.901. The molecule has 0 aliphatic carbocycles. The number of rotatable bonds is 2. The predicted molar refractivity (Wildman–Crippen MR) is 61.0 cm³/mol. The van der Waals surface area contributed by atoms with E-state index in [9.17, 15) is 17.6 Å². The van der Waals surface area contributed by atoms with Gasteiger partial charge in [-0.2, -0.15) is 13.2 Å². The zero-order valence-corrected chi connectivity index (χ0v) is 9.80. The highest BCUT2D eigenvalue weighted by atomic mass is 19.4. The molecule has 0 amide bonds. The monoisotopic (exact) mass is 261 g/mol. The summed E-state index contributed by atoms with van der Waals surface area (Å²) < 4.78 is 52.0. The Labute approximate surface area is 103 Å². The fourth-order valence-electron chi connectivity index (χ4n) is 2.36. The number of hydrogen-bond donors (Lipinski definition) is 1. The molecule has 100 valence electrons. The van der Waals surface area contributed by atoms with E-state index in [0.717, 1.165) is 6.07 Å². The van der Waals surface area contributed by atoms with Crippen molar-refractivity contribution < 1.29 is 17.6 Å². The largest absolute Gasteiger partial charge is 0.416 e. The number of hydrogen-bond acceptors (Lipinski definition) is 1. The van der Waals surface area contributed by atoms with Crippen molar-refractivity contribution in [3.63, 3.8) is 0 Å². The van der Waals surface area contributed by atoms with E-state index in [4.69, 9.17) is 0 Å². The number of nitrogens with one attached hydrogen (secondary N) is 1. The topological polar surface area (TPSA) is 12.0 Å². The predicted octanol–water partition coefficient (Wildman–Crippen LogP) is 3.20. The van der Waals surface area contributed by atoms with Gasteiger partial charge in [-0.1, -0.05) is 18.2 Å². The van der Waals surface area contributed by atoms with Gasteiger partial charge in [-0.25, -0.2) is 4.39 Å². The summed E-state index contributed by atoms with van der Waals surface area (Å²) in [4.78, 5) is 0. The van der Waals surface area contributed by atoms with Gasteiger partial charge < -0.3 is 5.32 Å². The molecule has 5 heteroatoms. The lowest BCUT2D eigenvalue weighted by Crippen LogP contribution is -2.39. The number of alkyl halides is 4. The minimum absolute atomic E-state index is 0.151. The minimum atomic E-state index is -4.37. The molecule has 1 aliphatic heterocycles. The van der Waals surface area contributed by atoms with Gasteiger partial charge in [0.1, 0.15) is 6.17 Å². The molecule has 2 atom stereocenters. The Bertz CT molecular complexity index is 402. The van der Waals surface area contributed by atoms with Crippen LogP contribution in [0.2, 0.25) is 0 Å². The van der Waals surface area contributed by atoms with Crippen LogP contribution in [0.15, 0.2) is 24.3 Å².